The number of unbranched alkanes of at least 4 members (excludes halogenated alkanes) is 5. The zero-order valence-corrected chi connectivity index (χ0v) is 9.32. The fourth-order valence-corrected chi connectivity index (χ4v) is 1.32. The predicted molar refractivity (Wildman–Crippen MR) is 60.8 cm³/mol. The number of carbonyl (C=O) groups is 1. The molecule has 0 spiro atoms. The van der Waals surface area contributed by atoms with E-state index in [9.17, 15) is 4.79 Å². The van der Waals surface area contributed by atoms with Gasteiger partial charge in [0.1, 0.15) is 0 Å². The number of carboxylic acid groups (broad SMARTS) is 1. The lowest BCUT2D eigenvalue weighted by Gasteiger charge is -1.95. The number of aliphatic hydroxyl groups excluding tert-OH is 1. The SMILES string of the molecule is O=C(O)CCCCC=CCCCCCO. The van der Waals surface area contributed by atoms with Gasteiger partial charge < -0.3 is 10.2 Å². The molecule has 0 saturated heterocycles. The summed E-state index contributed by atoms with van der Waals surface area (Å²) in [6.45, 7) is 0.291. The lowest BCUT2D eigenvalue weighted by atomic mass is 10.1. The summed E-state index contributed by atoms with van der Waals surface area (Å²) >= 11 is 0. The Labute approximate surface area is 91.8 Å². The van der Waals surface area contributed by atoms with Crippen molar-refractivity contribution in [2.75, 3.05) is 6.61 Å². The summed E-state index contributed by atoms with van der Waals surface area (Å²) in [5.74, 6) is -0.706. The maximum Gasteiger partial charge on any atom is 0.303 e. The van der Waals surface area contributed by atoms with Crippen LogP contribution in [0.2, 0.25) is 0 Å². The zero-order valence-electron chi connectivity index (χ0n) is 9.32. The Balaban J connectivity index is 3.07. The molecule has 0 heterocycles. The van der Waals surface area contributed by atoms with Crippen LogP contribution >= 0.6 is 0 Å². The summed E-state index contributed by atoms with van der Waals surface area (Å²) in [6, 6.07) is 0. The van der Waals surface area contributed by atoms with Crippen molar-refractivity contribution in [2.45, 2.75) is 51.4 Å². The molecule has 0 bridgehead atoms. The Kier molecular flexibility index (Phi) is 10.6. The van der Waals surface area contributed by atoms with E-state index in [2.05, 4.69) is 12.2 Å². The monoisotopic (exact) mass is 214 g/mol. The van der Waals surface area contributed by atoms with Gasteiger partial charge in [0, 0.05) is 13.0 Å². The van der Waals surface area contributed by atoms with Crippen LogP contribution in [0.15, 0.2) is 12.2 Å². The normalized spacial score (nSPS) is 11.0. The minimum atomic E-state index is -0.706. The summed E-state index contributed by atoms with van der Waals surface area (Å²) < 4.78 is 0. The van der Waals surface area contributed by atoms with Crippen LogP contribution in [0.5, 0.6) is 0 Å². The average molecular weight is 214 g/mol. The Morgan fingerprint density at radius 2 is 1.53 bits per heavy atom. The minimum Gasteiger partial charge on any atom is -0.481 e. The highest BCUT2D eigenvalue weighted by Gasteiger charge is 1.94. The first-order chi connectivity index (χ1) is 7.27. The van der Waals surface area contributed by atoms with Gasteiger partial charge in [-0.15, -0.1) is 0 Å². The number of allylic oxidation sites excluding steroid dienone is 2. The van der Waals surface area contributed by atoms with Crippen LogP contribution in [-0.4, -0.2) is 22.8 Å². The van der Waals surface area contributed by atoms with E-state index in [4.69, 9.17) is 10.2 Å². The largest absolute Gasteiger partial charge is 0.481 e. The third kappa shape index (κ3) is 13.2. The van der Waals surface area contributed by atoms with E-state index in [0.29, 0.717) is 6.61 Å². The van der Waals surface area contributed by atoms with Gasteiger partial charge in [-0.05, 0) is 38.5 Å². The molecule has 0 aliphatic heterocycles. The topological polar surface area (TPSA) is 57.5 Å². The Hall–Kier alpha value is -0.830. The molecule has 0 fully saturated rings. The molecule has 0 saturated carbocycles. The number of hydrogen-bond donors (Lipinski definition) is 2. The van der Waals surface area contributed by atoms with Crippen LogP contribution in [0, 0.1) is 0 Å². The molecule has 3 nitrogen and oxygen atoms in total. The number of aliphatic hydroxyl groups is 1. The maximum absolute atomic E-state index is 10.2. The van der Waals surface area contributed by atoms with E-state index in [1.54, 1.807) is 0 Å². The number of carboxylic acids is 1. The molecule has 0 radical (unpaired) electrons. The van der Waals surface area contributed by atoms with Crippen LogP contribution in [0.1, 0.15) is 51.4 Å². The highest BCUT2D eigenvalue weighted by molar-refractivity contribution is 5.66. The molecule has 3 heteroatoms. The quantitative estimate of drug-likeness (QED) is 0.434. The van der Waals surface area contributed by atoms with Gasteiger partial charge in [0.2, 0.25) is 0 Å². The smallest absolute Gasteiger partial charge is 0.303 e. The predicted octanol–water partition coefficient (Wildman–Crippen LogP) is 2.74. The lowest BCUT2D eigenvalue weighted by Crippen LogP contribution is -1.92. The third-order valence-electron chi connectivity index (χ3n) is 2.21. The van der Waals surface area contributed by atoms with Gasteiger partial charge in [-0.25, -0.2) is 0 Å². The van der Waals surface area contributed by atoms with Gasteiger partial charge in [-0.1, -0.05) is 18.6 Å². The highest BCUT2D eigenvalue weighted by atomic mass is 16.4. The molecule has 0 aliphatic carbocycles. The molecular formula is C12H22O3. The summed E-state index contributed by atoms with van der Waals surface area (Å²) in [4.78, 5) is 10.2. The summed E-state index contributed by atoms with van der Waals surface area (Å²) in [7, 11) is 0. The molecule has 2 N–H and O–H groups in total. The van der Waals surface area contributed by atoms with Crippen molar-refractivity contribution in [3.8, 4) is 0 Å². The molecule has 0 aromatic heterocycles. The van der Waals surface area contributed by atoms with Gasteiger partial charge >= 0.3 is 5.97 Å². The van der Waals surface area contributed by atoms with Crippen LogP contribution in [0.3, 0.4) is 0 Å². The number of aliphatic carboxylic acids is 1. The van der Waals surface area contributed by atoms with Crippen molar-refractivity contribution in [1.82, 2.24) is 0 Å². The molecule has 0 aromatic rings. The first kappa shape index (κ1) is 14.2. The number of hydrogen-bond acceptors (Lipinski definition) is 2. The van der Waals surface area contributed by atoms with Crippen molar-refractivity contribution in [2.24, 2.45) is 0 Å². The summed E-state index contributed by atoms with van der Waals surface area (Å²) in [6.07, 6.45) is 11.4. The average Bonchev–Trinajstić information content (AvgIpc) is 2.20. The second-order valence-electron chi connectivity index (χ2n) is 3.68. The molecule has 0 unspecified atom stereocenters. The zero-order chi connectivity index (χ0) is 11.4. The van der Waals surface area contributed by atoms with E-state index >= 15 is 0 Å². The van der Waals surface area contributed by atoms with Crippen molar-refractivity contribution in [1.29, 1.82) is 0 Å². The Morgan fingerprint density at radius 1 is 0.933 bits per heavy atom. The minimum absolute atomic E-state index is 0.282. The summed E-state index contributed by atoms with van der Waals surface area (Å²) in [5.41, 5.74) is 0. The molecular weight excluding hydrogens is 192 g/mol. The molecule has 0 aromatic carbocycles. The van der Waals surface area contributed by atoms with Crippen LogP contribution in [0.4, 0.5) is 0 Å². The van der Waals surface area contributed by atoms with Crippen LogP contribution in [0.25, 0.3) is 0 Å². The Morgan fingerprint density at radius 3 is 2.07 bits per heavy atom. The highest BCUT2D eigenvalue weighted by Crippen LogP contribution is 2.03. The molecule has 0 amide bonds. The maximum atomic E-state index is 10.2. The van der Waals surface area contributed by atoms with Crippen LogP contribution in [-0.2, 0) is 4.79 Å². The van der Waals surface area contributed by atoms with Gasteiger partial charge in [-0.3, -0.25) is 4.79 Å². The Bertz CT molecular complexity index is 176. The fraction of sp³-hybridized carbons (Fsp3) is 0.750. The van der Waals surface area contributed by atoms with E-state index in [1.807, 2.05) is 0 Å². The molecule has 0 atom stereocenters. The van der Waals surface area contributed by atoms with Crippen LogP contribution < -0.4 is 0 Å². The standard InChI is InChI=1S/C12H22O3/c13-11-9-7-5-3-1-2-4-6-8-10-12(14)15/h1-2,13H,3-11H2,(H,14,15). The fourth-order valence-electron chi connectivity index (χ4n) is 1.32. The van der Waals surface area contributed by atoms with E-state index in [1.165, 1.54) is 0 Å². The first-order valence-corrected chi connectivity index (χ1v) is 5.75. The summed E-state index contributed by atoms with van der Waals surface area (Å²) in [5, 5.41) is 16.9. The van der Waals surface area contributed by atoms with Gasteiger partial charge in [0.15, 0.2) is 0 Å². The molecule has 0 aliphatic rings. The van der Waals surface area contributed by atoms with E-state index < -0.39 is 5.97 Å². The van der Waals surface area contributed by atoms with E-state index in [0.717, 1.165) is 44.9 Å². The molecule has 0 rings (SSSR count). The van der Waals surface area contributed by atoms with E-state index in [-0.39, 0.29) is 6.42 Å². The number of rotatable bonds is 10. The van der Waals surface area contributed by atoms with Crippen molar-refractivity contribution >= 4 is 5.97 Å². The lowest BCUT2D eigenvalue weighted by molar-refractivity contribution is -0.137. The second kappa shape index (κ2) is 11.2. The second-order valence-corrected chi connectivity index (χ2v) is 3.68. The van der Waals surface area contributed by atoms with Gasteiger partial charge in [-0.2, -0.15) is 0 Å². The molecule has 15 heavy (non-hydrogen) atoms. The van der Waals surface area contributed by atoms with Crippen molar-refractivity contribution < 1.29 is 15.0 Å². The van der Waals surface area contributed by atoms with Crippen molar-refractivity contribution in [3.05, 3.63) is 12.2 Å². The molecule has 88 valence electrons. The van der Waals surface area contributed by atoms with Gasteiger partial charge in [0.05, 0.1) is 0 Å². The third-order valence-corrected chi connectivity index (χ3v) is 2.21. The van der Waals surface area contributed by atoms with Crippen molar-refractivity contribution in [3.63, 3.8) is 0 Å². The van der Waals surface area contributed by atoms with Gasteiger partial charge in [0.25, 0.3) is 0 Å². The first-order valence-electron chi connectivity index (χ1n) is 5.75.